The predicted octanol–water partition coefficient (Wildman–Crippen LogP) is 5.87. The van der Waals surface area contributed by atoms with Crippen molar-refractivity contribution in [3.05, 3.63) is 58.5 Å². The Morgan fingerprint density at radius 3 is 2.90 bits per heavy atom. The number of aromatic nitrogens is 1. The molecule has 2 fully saturated rings. The number of nitrogens with one attached hydrogen (secondary N) is 1. The number of alkyl halides is 1. The highest BCUT2D eigenvalue weighted by molar-refractivity contribution is 14.1. The third-order valence-electron chi connectivity index (χ3n) is 8.61. The molecule has 4 heterocycles. The SMILES string of the molecule is O=C(OO)[C@@H](c1cc(F)ccc1COC1CCOCC1)N1CCC([C@H](I)CCCCc2ccc3c(n2)NCCC3)C1. The molecule has 1 aromatic carbocycles. The zero-order valence-electron chi connectivity index (χ0n) is 23.5. The van der Waals surface area contributed by atoms with Crippen molar-refractivity contribution in [3.63, 3.8) is 0 Å². The molecule has 0 amide bonds. The van der Waals surface area contributed by atoms with E-state index in [-0.39, 0.29) is 12.7 Å². The van der Waals surface area contributed by atoms with Crippen molar-refractivity contribution in [2.24, 2.45) is 5.92 Å². The Morgan fingerprint density at radius 1 is 1.22 bits per heavy atom. The number of rotatable bonds is 12. The number of ether oxygens (including phenoxy) is 2. The summed E-state index contributed by atoms with van der Waals surface area (Å²) in [6.45, 7) is 3.94. The van der Waals surface area contributed by atoms with Crippen molar-refractivity contribution in [3.8, 4) is 0 Å². The molecule has 3 aliphatic heterocycles. The number of likely N-dealkylation sites (tertiary alicyclic amines) is 1. The summed E-state index contributed by atoms with van der Waals surface area (Å²) in [5.74, 6) is 0.225. The second kappa shape index (κ2) is 15.0. The Bertz CT molecular complexity index is 1160. The van der Waals surface area contributed by atoms with Crippen LogP contribution in [0, 0.1) is 11.7 Å². The number of hydrogen-bond acceptors (Lipinski definition) is 8. The molecule has 41 heavy (non-hydrogen) atoms. The number of aryl methyl sites for hydroxylation is 2. The smallest absolute Gasteiger partial charge is 0.363 e. The van der Waals surface area contributed by atoms with Gasteiger partial charge in [-0.15, -0.1) is 0 Å². The van der Waals surface area contributed by atoms with Gasteiger partial charge >= 0.3 is 5.97 Å². The fourth-order valence-corrected chi connectivity index (χ4v) is 7.29. The molecule has 0 aliphatic carbocycles. The van der Waals surface area contributed by atoms with Gasteiger partial charge in [0.1, 0.15) is 17.7 Å². The van der Waals surface area contributed by atoms with Crippen molar-refractivity contribution in [1.29, 1.82) is 0 Å². The van der Waals surface area contributed by atoms with Crippen molar-refractivity contribution >= 4 is 34.4 Å². The maximum atomic E-state index is 14.4. The molecule has 0 saturated carbocycles. The summed E-state index contributed by atoms with van der Waals surface area (Å²) in [5, 5.41) is 12.8. The van der Waals surface area contributed by atoms with Gasteiger partial charge in [-0.05, 0) is 98.7 Å². The van der Waals surface area contributed by atoms with Gasteiger partial charge in [-0.25, -0.2) is 14.2 Å². The van der Waals surface area contributed by atoms with Crippen LogP contribution in [0.4, 0.5) is 10.2 Å². The Morgan fingerprint density at radius 2 is 2.07 bits per heavy atom. The zero-order chi connectivity index (χ0) is 28.6. The van der Waals surface area contributed by atoms with Crippen LogP contribution in [-0.2, 0) is 38.6 Å². The number of halogens is 2. The van der Waals surface area contributed by atoms with E-state index in [4.69, 9.17) is 14.5 Å². The van der Waals surface area contributed by atoms with Crippen molar-refractivity contribution < 1.29 is 28.8 Å². The summed E-state index contributed by atoms with van der Waals surface area (Å²) in [5.41, 5.74) is 3.69. The maximum Gasteiger partial charge on any atom is 0.363 e. The highest BCUT2D eigenvalue weighted by Gasteiger charge is 2.38. The van der Waals surface area contributed by atoms with Crippen LogP contribution in [0.3, 0.4) is 0 Å². The molecule has 10 heteroatoms. The molecule has 0 radical (unpaired) electrons. The number of benzene rings is 1. The summed E-state index contributed by atoms with van der Waals surface area (Å²) in [6, 6.07) is 7.93. The first kappa shape index (κ1) is 30.6. The van der Waals surface area contributed by atoms with E-state index in [0.717, 1.165) is 75.0 Å². The largest absolute Gasteiger partial charge is 0.381 e. The van der Waals surface area contributed by atoms with E-state index in [1.807, 2.05) is 4.90 Å². The normalized spacial score (nSPS) is 21.2. The number of carbonyl (C=O) groups excluding carboxylic acids is 1. The average molecular weight is 682 g/mol. The Hall–Kier alpha value is -1.86. The minimum absolute atomic E-state index is 0.0699. The van der Waals surface area contributed by atoms with Gasteiger partial charge in [0.25, 0.3) is 0 Å². The van der Waals surface area contributed by atoms with E-state index in [0.29, 0.717) is 41.7 Å². The molecule has 2 aromatic rings. The molecule has 2 saturated heterocycles. The van der Waals surface area contributed by atoms with Gasteiger partial charge in [-0.1, -0.05) is 41.1 Å². The Balaban J connectivity index is 1.16. The topological polar surface area (TPSA) is 93.2 Å². The van der Waals surface area contributed by atoms with Gasteiger partial charge in [0.15, 0.2) is 0 Å². The third-order valence-corrected chi connectivity index (χ3v) is 10.2. The number of pyridine rings is 1. The number of unbranched alkanes of at least 4 members (excludes halogenated alkanes) is 1. The molecule has 224 valence electrons. The first-order valence-electron chi connectivity index (χ1n) is 15.0. The molecular formula is C31H41FIN3O5. The first-order chi connectivity index (χ1) is 20.0. The lowest BCUT2D eigenvalue weighted by Gasteiger charge is -2.28. The fourth-order valence-electron chi connectivity index (χ4n) is 6.26. The molecule has 3 aliphatic rings. The van der Waals surface area contributed by atoms with Gasteiger partial charge < -0.3 is 14.8 Å². The zero-order valence-corrected chi connectivity index (χ0v) is 25.7. The number of anilines is 1. The number of fused-ring (bicyclic) bond motifs is 1. The van der Waals surface area contributed by atoms with Crippen LogP contribution in [0.5, 0.6) is 0 Å². The number of hydrogen-bond donors (Lipinski definition) is 2. The maximum absolute atomic E-state index is 14.4. The van der Waals surface area contributed by atoms with Crippen LogP contribution in [0.15, 0.2) is 30.3 Å². The Labute approximate surface area is 255 Å². The van der Waals surface area contributed by atoms with Gasteiger partial charge in [-0.2, -0.15) is 5.26 Å². The minimum Gasteiger partial charge on any atom is -0.381 e. The van der Waals surface area contributed by atoms with Crippen LogP contribution in [-0.4, -0.2) is 64.0 Å². The van der Waals surface area contributed by atoms with E-state index in [9.17, 15) is 14.4 Å². The summed E-state index contributed by atoms with van der Waals surface area (Å²) in [4.78, 5) is 24.0. The van der Waals surface area contributed by atoms with Crippen molar-refractivity contribution in [2.75, 3.05) is 38.2 Å². The molecule has 3 atom stereocenters. The molecule has 1 unspecified atom stereocenters. The first-order valence-corrected chi connectivity index (χ1v) is 16.2. The van der Waals surface area contributed by atoms with Crippen LogP contribution < -0.4 is 5.32 Å². The average Bonchev–Trinajstić information content (AvgIpc) is 3.49. The van der Waals surface area contributed by atoms with E-state index in [1.54, 1.807) is 6.07 Å². The molecular weight excluding hydrogens is 640 g/mol. The quantitative estimate of drug-likeness (QED) is 0.0946. The minimum atomic E-state index is -0.888. The van der Waals surface area contributed by atoms with Crippen LogP contribution >= 0.6 is 22.6 Å². The van der Waals surface area contributed by atoms with Crippen molar-refractivity contribution in [2.45, 2.75) is 80.5 Å². The summed E-state index contributed by atoms with van der Waals surface area (Å²) >= 11 is 2.54. The van der Waals surface area contributed by atoms with Gasteiger partial charge in [0.2, 0.25) is 0 Å². The van der Waals surface area contributed by atoms with Gasteiger partial charge in [0, 0.05) is 35.9 Å². The molecule has 5 rings (SSSR count). The van der Waals surface area contributed by atoms with Crippen molar-refractivity contribution in [1.82, 2.24) is 9.88 Å². The van der Waals surface area contributed by atoms with E-state index in [2.05, 4.69) is 44.9 Å². The Kier molecular flexibility index (Phi) is 11.2. The molecule has 0 spiro atoms. The van der Waals surface area contributed by atoms with Gasteiger partial charge in [-0.3, -0.25) is 9.79 Å². The second-order valence-electron chi connectivity index (χ2n) is 11.4. The summed E-state index contributed by atoms with van der Waals surface area (Å²) in [6.07, 6.45) is 9.14. The monoisotopic (exact) mass is 681 g/mol. The lowest BCUT2D eigenvalue weighted by atomic mass is 9.98. The molecule has 1 aromatic heterocycles. The fraction of sp³-hybridized carbons (Fsp3) is 0.613. The number of nitrogens with zero attached hydrogens (tertiary/aromatic N) is 2. The lowest BCUT2D eigenvalue weighted by Crippen LogP contribution is -2.35. The van der Waals surface area contributed by atoms with E-state index in [1.165, 1.54) is 24.1 Å². The van der Waals surface area contributed by atoms with E-state index < -0.39 is 17.8 Å². The highest BCUT2D eigenvalue weighted by Crippen LogP contribution is 2.36. The summed E-state index contributed by atoms with van der Waals surface area (Å²) in [7, 11) is 0. The summed E-state index contributed by atoms with van der Waals surface area (Å²) < 4.78 is 26.4. The molecule has 0 bridgehead atoms. The standard InChI is InChI=1S/C31H41FIN3O5/c32-24-9-7-23(20-40-26-12-16-39-17-13-26)27(18-24)29(31(37)41-38)36-15-11-22(19-36)28(33)6-2-1-5-25-10-8-21-4-3-14-34-30(21)35-25/h7-10,18,22,26,28-29,38H,1-6,11-17,19-20H2,(H,34,35)/t22?,28-,29-/m1/s1. The highest BCUT2D eigenvalue weighted by atomic mass is 127. The number of carbonyl (C=O) groups is 1. The predicted molar refractivity (Wildman–Crippen MR) is 163 cm³/mol. The van der Waals surface area contributed by atoms with Crippen LogP contribution in [0.25, 0.3) is 0 Å². The van der Waals surface area contributed by atoms with Crippen LogP contribution in [0.1, 0.15) is 73.4 Å². The van der Waals surface area contributed by atoms with Gasteiger partial charge in [0.05, 0.1) is 12.7 Å². The molecule has 2 N–H and O–H groups in total. The van der Waals surface area contributed by atoms with E-state index >= 15 is 0 Å². The third kappa shape index (κ3) is 8.16. The van der Waals surface area contributed by atoms with Crippen LogP contribution in [0.2, 0.25) is 0 Å². The lowest BCUT2D eigenvalue weighted by molar-refractivity contribution is -0.240. The molecule has 8 nitrogen and oxygen atoms in total. The second-order valence-corrected chi connectivity index (χ2v) is 13.0.